The molecule has 0 radical (unpaired) electrons. The van der Waals surface area contributed by atoms with E-state index in [2.05, 4.69) is 30.8 Å². The summed E-state index contributed by atoms with van der Waals surface area (Å²) in [5.41, 5.74) is 2.14. The van der Waals surface area contributed by atoms with Crippen molar-refractivity contribution in [3.05, 3.63) is 38.8 Å². The fourth-order valence-electron chi connectivity index (χ4n) is 3.68. The lowest BCUT2D eigenvalue weighted by Crippen LogP contribution is -2.37. The monoisotopic (exact) mass is 388 g/mol. The van der Waals surface area contributed by atoms with Gasteiger partial charge in [0.1, 0.15) is 0 Å². The van der Waals surface area contributed by atoms with Crippen molar-refractivity contribution >= 4 is 16.5 Å². The van der Waals surface area contributed by atoms with Crippen LogP contribution in [0.15, 0.2) is 16.9 Å². The molecule has 0 unspecified atom stereocenters. The lowest BCUT2D eigenvalue weighted by Gasteiger charge is -2.32. The van der Waals surface area contributed by atoms with Crippen molar-refractivity contribution in [2.75, 3.05) is 24.6 Å². The molecule has 0 atom stereocenters. The maximum atomic E-state index is 12.2. The molecule has 1 fully saturated rings. The van der Waals surface area contributed by atoms with Crippen LogP contribution < -0.4 is 10.5 Å². The molecular weight excluding hydrogens is 360 g/mol. The fourth-order valence-corrected chi connectivity index (χ4v) is 4.77. The Bertz CT molecular complexity index is 836. The number of thiazole rings is 1. The van der Waals surface area contributed by atoms with Crippen LogP contribution in [0.5, 0.6) is 0 Å². The summed E-state index contributed by atoms with van der Waals surface area (Å²) in [7, 11) is 0. The summed E-state index contributed by atoms with van der Waals surface area (Å²) in [6.45, 7) is 10.6. The molecule has 146 valence electrons. The Balaban J connectivity index is 1.40. The average molecular weight is 389 g/mol. The van der Waals surface area contributed by atoms with Gasteiger partial charge in [0, 0.05) is 37.5 Å². The summed E-state index contributed by atoms with van der Waals surface area (Å²) in [6.07, 6.45) is 3.06. The number of hydrogen-bond donors (Lipinski definition) is 0. The molecule has 1 saturated heterocycles. The van der Waals surface area contributed by atoms with E-state index in [9.17, 15) is 4.79 Å². The van der Waals surface area contributed by atoms with Crippen LogP contribution in [0.4, 0.5) is 5.13 Å². The molecule has 2 aromatic rings. The van der Waals surface area contributed by atoms with Gasteiger partial charge in [-0.3, -0.25) is 4.79 Å². The van der Waals surface area contributed by atoms with E-state index in [1.54, 1.807) is 22.1 Å². The molecule has 0 saturated carbocycles. The molecule has 7 heteroatoms. The van der Waals surface area contributed by atoms with Gasteiger partial charge in [-0.2, -0.15) is 5.10 Å². The van der Waals surface area contributed by atoms with Crippen molar-refractivity contribution in [1.82, 2.24) is 14.8 Å². The molecular formula is C20H28N4O2S. The van der Waals surface area contributed by atoms with E-state index in [1.165, 1.54) is 10.6 Å². The first kappa shape index (κ1) is 18.6. The van der Waals surface area contributed by atoms with Gasteiger partial charge in [0.2, 0.25) is 0 Å². The van der Waals surface area contributed by atoms with Crippen LogP contribution in [0.3, 0.4) is 0 Å². The molecule has 2 aliphatic rings. The molecule has 0 bridgehead atoms. The minimum atomic E-state index is -0.0491. The van der Waals surface area contributed by atoms with Gasteiger partial charge in [-0.25, -0.2) is 9.67 Å². The van der Waals surface area contributed by atoms with Crippen molar-refractivity contribution in [3.63, 3.8) is 0 Å². The summed E-state index contributed by atoms with van der Waals surface area (Å²) < 4.78 is 7.20. The lowest BCUT2D eigenvalue weighted by atomic mass is 9.92. The minimum Gasteiger partial charge on any atom is -0.375 e. The molecule has 0 N–H and O–H groups in total. The summed E-state index contributed by atoms with van der Waals surface area (Å²) in [5, 5.41) is 5.76. The number of ether oxygens (including phenoxy) is 1. The van der Waals surface area contributed by atoms with E-state index in [1.807, 2.05) is 6.07 Å². The number of aromatic nitrogens is 3. The van der Waals surface area contributed by atoms with Crippen LogP contribution in [0.2, 0.25) is 0 Å². The first-order valence-electron chi connectivity index (χ1n) is 9.80. The number of nitrogens with zero attached hydrogens (tertiary/aromatic N) is 4. The number of hydrogen-bond acceptors (Lipinski definition) is 6. The van der Waals surface area contributed by atoms with Crippen LogP contribution in [-0.2, 0) is 29.7 Å². The zero-order valence-electron chi connectivity index (χ0n) is 16.4. The highest BCUT2D eigenvalue weighted by atomic mass is 32.1. The normalized spacial score (nSPS) is 18.6. The molecule has 27 heavy (non-hydrogen) atoms. The van der Waals surface area contributed by atoms with E-state index < -0.39 is 0 Å². The quantitative estimate of drug-likeness (QED) is 0.809. The van der Waals surface area contributed by atoms with Crippen LogP contribution in [0.25, 0.3) is 0 Å². The number of fused-ring (bicyclic) bond motifs is 1. The highest BCUT2D eigenvalue weighted by Crippen LogP contribution is 2.32. The second-order valence-electron chi connectivity index (χ2n) is 8.59. The predicted octanol–water partition coefficient (Wildman–Crippen LogP) is 2.99. The zero-order chi connectivity index (χ0) is 19.0. The topological polar surface area (TPSA) is 60.2 Å². The maximum Gasteiger partial charge on any atom is 0.266 e. The van der Waals surface area contributed by atoms with E-state index in [0.717, 1.165) is 49.8 Å². The largest absolute Gasteiger partial charge is 0.375 e. The second-order valence-corrected chi connectivity index (χ2v) is 9.65. The number of rotatable bonds is 3. The number of piperidine rings is 1. The molecule has 0 aliphatic carbocycles. The Morgan fingerprint density at radius 3 is 2.74 bits per heavy atom. The van der Waals surface area contributed by atoms with E-state index in [-0.39, 0.29) is 11.0 Å². The summed E-state index contributed by atoms with van der Waals surface area (Å²) in [6, 6.07) is 3.51. The Morgan fingerprint density at radius 1 is 1.26 bits per heavy atom. The first-order chi connectivity index (χ1) is 12.9. The van der Waals surface area contributed by atoms with E-state index >= 15 is 0 Å². The fraction of sp³-hybridized carbons (Fsp3) is 0.650. The predicted molar refractivity (Wildman–Crippen MR) is 108 cm³/mol. The van der Waals surface area contributed by atoms with Crippen LogP contribution in [-0.4, -0.2) is 34.5 Å². The molecule has 0 aromatic carbocycles. The van der Waals surface area contributed by atoms with E-state index in [4.69, 9.17) is 9.72 Å². The molecule has 6 nitrogen and oxygen atoms in total. The lowest BCUT2D eigenvalue weighted by molar-refractivity contribution is 0.112. The van der Waals surface area contributed by atoms with Gasteiger partial charge in [-0.1, -0.05) is 32.1 Å². The molecule has 2 aliphatic heterocycles. The van der Waals surface area contributed by atoms with Gasteiger partial charge in [-0.15, -0.1) is 0 Å². The van der Waals surface area contributed by atoms with Crippen molar-refractivity contribution in [1.29, 1.82) is 0 Å². The molecule has 4 rings (SSSR count). The SMILES string of the molecule is CC(C)(C)c1ccc(=O)n(CC2CCN(c3nc4c(s3)COCC4)CC2)n1. The molecule has 0 spiro atoms. The van der Waals surface area contributed by atoms with Gasteiger partial charge < -0.3 is 9.64 Å². The Kier molecular flexibility index (Phi) is 5.07. The Hall–Kier alpha value is -1.73. The van der Waals surface area contributed by atoms with E-state index in [0.29, 0.717) is 19.1 Å². The standard InChI is InChI=1S/C20H28N4O2S/c1-20(2,3)17-4-5-18(25)24(22-17)12-14-6-9-23(10-7-14)19-21-15-8-11-26-13-16(15)27-19/h4-5,14H,6-13H2,1-3H3. The van der Waals surface area contributed by atoms with Crippen LogP contribution >= 0.6 is 11.3 Å². The molecule has 4 heterocycles. The van der Waals surface area contributed by atoms with Crippen LogP contribution in [0.1, 0.15) is 49.9 Å². The highest BCUT2D eigenvalue weighted by Gasteiger charge is 2.25. The van der Waals surface area contributed by atoms with Gasteiger partial charge >= 0.3 is 0 Å². The number of anilines is 1. The third-order valence-corrected chi connectivity index (χ3v) is 6.57. The van der Waals surface area contributed by atoms with Gasteiger partial charge in [0.25, 0.3) is 5.56 Å². The minimum absolute atomic E-state index is 0.00183. The third-order valence-electron chi connectivity index (χ3n) is 5.43. The van der Waals surface area contributed by atoms with Gasteiger partial charge in [0.05, 0.1) is 29.5 Å². The van der Waals surface area contributed by atoms with Crippen molar-refractivity contribution < 1.29 is 4.74 Å². The third kappa shape index (κ3) is 4.09. The summed E-state index contributed by atoms with van der Waals surface area (Å²) >= 11 is 1.78. The van der Waals surface area contributed by atoms with Crippen molar-refractivity contribution in [2.45, 2.75) is 58.6 Å². The van der Waals surface area contributed by atoms with Crippen molar-refractivity contribution in [3.8, 4) is 0 Å². The Labute approximate surface area is 164 Å². The van der Waals surface area contributed by atoms with Gasteiger partial charge in [0.15, 0.2) is 5.13 Å². The Morgan fingerprint density at radius 2 is 2.04 bits per heavy atom. The summed E-state index contributed by atoms with van der Waals surface area (Å²) in [4.78, 5) is 20.7. The van der Waals surface area contributed by atoms with Crippen molar-refractivity contribution in [2.24, 2.45) is 5.92 Å². The molecule has 2 aromatic heterocycles. The maximum absolute atomic E-state index is 12.2. The highest BCUT2D eigenvalue weighted by molar-refractivity contribution is 7.15. The van der Waals surface area contributed by atoms with Gasteiger partial charge in [-0.05, 0) is 24.8 Å². The van der Waals surface area contributed by atoms with Crippen LogP contribution in [0, 0.1) is 5.92 Å². The first-order valence-corrected chi connectivity index (χ1v) is 10.6. The average Bonchev–Trinajstić information content (AvgIpc) is 3.07. The summed E-state index contributed by atoms with van der Waals surface area (Å²) in [5.74, 6) is 0.486. The zero-order valence-corrected chi connectivity index (χ0v) is 17.2. The molecule has 0 amide bonds. The smallest absolute Gasteiger partial charge is 0.266 e. The second kappa shape index (κ2) is 7.36.